The van der Waals surface area contributed by atoms with Gasteiger partial charge in [-0.15, -0.1) is 0 Å². The van der Waals surface area contributed by atoms with Crippen LogP contribution in [0.3, 0.4) is 0 Å². The number of fused-ring (bicyclic) bond motifs is 1. The van der Waals surface area contributed by atoms with Gasteiger partial charge in [-0.25, -0.2) is 4.79 Å². The van der Waals surface area contributed by atoms with Crippen molar-refractivity contribution in [2.75, 3.05) is 43.7 Å². The van der Waals surface area contributed by atoms with Crippen LogP contribution in [0.25, 0.3) is 10.9 Å². The number of hydrogen-bond acceptors (Lipinski definition) is 15. The summed E-state index contributed by atoms with van der Waals surface area (Å²) in [6.07, 6.45) is 6.21. The average Bonchev–Trinajstić information content (AvgIpc) is 4.44. The van der Waals surface area contributed by atoms with E-state index in [2.05, 4.69) is 42.2 Å². The zero-order valence-electron chi connectivity index (χ0n) is 47.5. The Labute approximate surface area is 485 Å². The van der Waals surface area contributed by atoms with Gasteiger partial charge >= 0.3 is 5.97 Å². The third-order valence-electron chi connectivity index (χ3n) is 14.3. The van der Waals surface area contributed by atoms with Crippen molar-refractivity contribution >= 4 is 105 Å². The molecule has 0 unspecified atom stereocenters. The summed E-state index contributed by atoms with van der Waals surface area (Å²) in [6, 6.07) is -3.59. The lowest BCUT2D eigenvalue weighted by atomic mass is 10.0. The molecular formula is C54H83N13O13S2. The lowest BCUT2D eigenvalue weighted by Crippen LogP contribution is -2.60. The van der Waals surface area contributed by atoms with Crippen LogP contribution in [0.4, 0.5) is 0 Å². The Morgan fingerprint density at radius 1 is 0.646 bits per heavy atom. The van der Waals surface area contributed by atoms with Gasteiger partial charge in [0.15, 0.2) is 0 Å². The molecule has 0 bridgehead atoms. The van der Waals surface area contributed by atoms with E-state index in [0.29, 0.717) is 36.3 Å². The van der Waals surface area contributed by atoms with Crippen LogP contribution in [0.1, 0.15) is 104 Å². The minimum Gasteiger partial charge on any atom is -0.480 e. The Kier molecular flexibility index (Phi) is 27.4. The van der Waals surface area contributed by atoms with Crippen LogP contribution >= 0.6 is 23.5 Å². The van der Waals surface area contributed by atoms with Crippen molar-refractivity contribution in [1.82, 2.24) is 52.0 Å². The number of aliphatic carboxylic acids is 1. The standard InChI is InChI=1S/C54H83N13O13S2/c1-29(2)25-38(64-52(77)40-13-9-22-67(40)53(78)41-14-10-21-66(41)44(70)28-59-46(71)33(55)15-17-42(56)68)50(75)61-37(20-24-82-6)48(73)63-39(26-31-27-58-34-12-8-7-11-32(31)34)51(76)62-36(19-23-81-5)47(72)60-35(16-18-43(57)69)49(74)65-45(30(3)4)54(79)80/h7-8,11-12,27,29-30,33,35-41,45,58H,9-10,13-26,28,55H2,1-6H3,(H2,56,68)(H2,57,69)(H,59,71)(H,60,72)(H,61,75)(H,62,76)(H,63,73)(H,64,77)(H,65,74)(H,79,80)/t33-,35-,36-,37-,38-,39-,40-,41-,45-/m0/s1. The predicted molar refractivity (Wildman–Crippen MR) is 309 cm³/mol. The van der Waals surface area contributed by atoms with Gasteiger partial charge in [-0.1, -0.05) is 45.9 Å². The van der Waals surface area contributed by atoms with Crippen molar-refractivity contribution in [3.63, 3.8) is 0 Å². The highest BCUT2D eigenvalue weighted by molar-refractivity contribution is 7.98. The van der Waals surface area contributed by atoms with Crippen LogP contribution in [0.15, 0.2) is 30.5 Å². The Bertz CT molecular complexity index is 2600. The van der Waals surface area contributed by atoms with Crippen LogP contribution in [-0.4, -0.2) is 189 Å². The van der Waals surface area contributed by atoms with Gasteiger partial charge in [0.1, 0.15) is 48.3 Å². The summed E-state index contributed by atoms with van der Waals surface area (Å²) < 4.78 is 0. The van der Waals surface area contributed by atoms with Gasteiger partial charge in [-0.2, -0.15) is 23.5 Å². The lowest BCUT2D eigenvalue weighted by Gasteiger charge is -2.32. The van der Waals surface area contributed by atoms with Crippen LogP contribution < -0.4 is 54.4 Å². The number of carboxylic acids is 1. The highest BCUT2D eigenvalue weighted by Crippen LogP contribution is 2.26. The number of carbonyl (C=O) groups is 12. The number of benzene rings is 1. The van der Waals surface area contributed by atoms with E-state index in [4.69, 9.17) is 17.2 Å². The van der Waals surface area contributed by atoms with Crippen LogP contribution in [-0.2, 0) is 64.0 Å². The van der Waals surface area contributed by atoms with Gasteiger partial charge in [-0.3, -0.25) is 52.7 Å². The Morgan fingerprint density at radius 2 is 1.16 bits per heavy atom. The van der Waals surface area contributed by atoms with Crippen molar-refractivity contribution in [1.29, 1.82) is 0 Å². The first-order chi connectivity index (χ1) is 38.9. The number of primary amides is 2. The number of aromatic nitrogens is 1. The third-order valence-corrected chi connectivity index (χ3v) is 15.5. The Morgan fingerprint density at radius 3 is 1.72 bits per heavy atom. The minimum absolute atomic E-state index is 0.0126. The molecule has 2 aromatic rings. The Balaban J connectivity index is 1.55. The summed E-state index contributed by atoms with van der Waals surface area (Å²) in [6.45, 7) is 6.85. The highest BCUT2D eigenvalue weighted by Gasteiger charge is 2.43. The number of carbonyl (C=O) groups excluding carboxylic acids is 11. The molecule has 9 atom stereocenters. The highest BCUT2D eigenvalue weighted by atomic mass is 32.2. The first-order valence-electron chi connectivity index (χ1n) is 27.6. The summed E-state index contributed by atoms with van der Waals surface area (Å²) in [4.78, 5) is 167. The van der Waals surface area contributed by atoms with E-state index >= 15 is 0 Å². The summed E-state index contributed by atoms with van der Waals surface area (Å²) in [5, 5.41) is 29.2. The van der Waals surface area contributed by atoms with Crippen molar-refractivity contribution < 1.29 is 62.6 Å². The molecular weight excluding hydrogens is 1100 g/mol. The first-order valence-corrected chi connectivity index (χ1v) is 30.4. The normalized spacial score (nSPS) is 17.6. The van der Waals surface area contributed by atoms with Gasteiger partial charge < -0.3 is 74.3 Å². The monoisotopic (exact) mass is 1190 g/mol. The number of amides is 11. The van der Waals surface area contributed by atoms with Crippen LogP contribution in [0.2, 0.25) is 0 Å². The molecule has 0 saturated carbocycles. The van der Waals surface area contributed by atoms with Crippen molar-refractivity contribution in [2.24, 2.45) is 29.0 Å². The van der Waals surface area contributed by atoms with E-state index in [-0.39, 0.29) is 76.8 Å². The second kappa shape index (κ2) is 33.2. The van der Waals surface area contributed by atoms with E-state index in [9.17, 15) is 62.6 Å². The number of aromatic amines is 1. The van der Waals surface area contributed by atoms with E-state index in [0.717, 1.165) is 10.9 Å². The van der Waals surface area contributed by atoms with E-state index in [1.54, 1.807) is 32.4 Å². The largest absolute Gasteiger partial charge is 0.480 e. The number of likely N-dealkylation sites (tertiary alicyclic amines) is 2. The molecule has 26 nitrogen and oxygen atoms in total. The summed E-state index contributed by atoms with van der Waals surface area (Å²) in [7, 11) is 0. The molecule has 0 aliphatic carbocycles. The fourth-order valence-corrected chi connectivity index (χ4v) is 10.7. The van der Waals surface area contributed by atoms with Gasteiger partial charge in [-0.05, 0) is 105 Å². The quantitative estimate of drug-likeness (QED) is 0.0394. The summed E-state index contributed by atoms with van der Waals surface area (Å²) >= 11 is 2.76. The zero-order chi connectivity index (χ0) is 60.8. The number of carboxylic acid groups (broad SMARTS) is 1. The second-order valence-corrected chi connectivity index (χ2v) is 23.4. The van der Waals surface area contributed by atoms with E-state index in [1.807, 2.05) is 38.3 Å². The molecule has 1 aromatic heterocycles. The van der Waals surface area contributed by atoms with E-state index in [1.165, 1.54) is 33.3 Å². The molecule has 2 fully saturated rings. The second-order valence-electron chi connectivity index (χ2n) is 21.4. The molecule has 2 saturated heterocycles. The number of nitrogens with zero attached hydrogens (tertiary/aromatic N) is 2. The molecule has 2 aliphatic heterocycles. The summed E-state index contributed by atoms with van der Waals surface area (Å²) in [5.41, 5.74) is 17.8. The number of rotatable bonds is 34. The zero-order valence-corrected chi connectivity index (χ0v) is 49.2. The number of H-pyrrole nitrogens is 1. The topological polar surface area (TPSA) is 410 Å². The average molecular weight is 1190 g/mol. The minimum atomic E-state index is -1.43. The SMILES string of the molecule is CSCC[C@H](NC(=O)[C@H](Cc1c[nH]c2ccccc12)NC(=O)[C@H](CCSC)NC(=O)[C@H](CC(C)C)NC(=O)[C@@H]1CCCN1C(=O)[C@@H]1CCCN1C(=O)CNC(=O)[C@@H](N)CCC(N)=O)C(=O)N[C@@H](CCC(N)=O)C(=O)N[C@H](C(=O)O)C(C)C. The molecule has 11 amide bonds. The van der Waals surface area contributed by atoms with Crippen molar-refractivity contribution in [3.05, 3.63) is 36.0 Å². The summed E-state index contributed by atoms with van der Waals surface area (Å²) in [5.74, 6) is -8.92. The van der Waals surface area contributed by atoms with Crippen molar-refractivity contribution in [2.45, 2.75) is 159 Å². The lowest BCUT2D eigenvalue weighted by molar-refractivity contribution is -0.147. The molecule has 3 heterocycles. The molecule has 2 aliphatic rings. The van der Waals surface area contributed by atoms with Gasteiger partial charge in [0.25, 0.3) is 0 Å². The number of para-hydroxylation sites is 1. The maximum Gasteiger partial charge on any atom is 0.326 e. The maximum atomic E-state index is 14.7. The van der Waals surface area contributed by atoms with E-state index < -0.39 is 138 Å². The predicted octanol–water partition coefficient (Wildman–Crippen LogP) is -1.13. The first kappa shape index (κ1) is 67.6. The molecule has 82 heavy (non-hydrogen) atoms. The van der Waals surface area contributed by atoms with Gasteiger partial charge in [0.05, 0.1) is 12.6 Å². The van der Waals surface area contributed by atoms with Gasteiger partial charge in [0.2, 0.25) is 65.0 Å². The fraction of sp³-hybridized carbons (Fsp3) is 0.630. The maximum absolute atomic E-state index is 14.7. The smallest absolute Gasteiger partial charge is 0.326 e. The third kappa shape index (κ3) is 20.5. The number of nitrogens with one attached hydrogen (secondary N) is 8. The fourth-order valence-electron chi connectivity index (χ4n) is 9.76. The molecule has 28 heteroatoms. The molecule has 454 valence electrons. The molecule has 1 aromatic carbocycles. The number of hydrogen-bond donors (Lipinski definition) is 12. The number of nitrogens with two attached hydrogens (primary N) is 3. The van der Waals surface area contributed by atoms with Gasteiger partial charge in [0, 0.05) is 49.5 Å². The van der Waals surface area contributed by atoms with Crippen LogP contribution in [0.5, 0.6) is 0 Å². The van der Waals surface area contributed by atoms with Crippen molar-refractivity contribution in [3.8, 4) is 0 Å². The molecule has 15 N–H and O–H groups in total. The molecule has 0 spiro atoms. The molecule has 4 rings (SSSR count). The van der Waals surface area contributed by atoms with Crippen LogP contribution in [0, 0.1) is 11.8 Å². The molecule has 0 radical (unpaired) electrons. The number of thioether (sulfide) groups is 2. The Hall–Kier alpha value is -6.94.